The van der Waals surface area contributed by atoms with E-state index in [4.69, 9.17) is 4.74 Å². The van der Waals surface area contributed by atoms with Crippen LogP contribution in [0, 0.1) is 0 Å². The molecule has 0 amide bonds. The largest absolute Gasteiger partial charge is 0.483 e. The van der Waals surface area contributed by atoms with E-state index in [9.17, 15) is 4.79 Å². The molecule has 20 heavy (non-hydrogen) atoms. The minimum atomic E-state index is -0.00667. The van der Waals surface area contributed by atoms with Gasteiger partial charge in [-0.25, -0.2) is 0 Å². The van der Waals surface area contributed by atoms with Crippen LogP contribution in [-0.4, -0.2) is 15.5 Å². The smallest absolute Gasteiger partial charge is 0.293 e. The Kier molecular flexibility index (Phi) is 2.71. The van der Waals surface area contributed by atoms with E-state index in [1.807, 2.05) is 25.2 Å². The van der Waals surface area contributed by atoms with Gasteiger partial charge in [0.1, 0.15) is 6.10 Å². The van der Waals surface area contributed by atoms with E-state index in [1.54, 1.807) is 4.57 Å². The Labute approximate surface area is 125 Å². The molecule has 104 valence electrons. The van der Waals surface area contributed by atoms with Crippen molar-refractivity contribution in [3.05, 3.63) is 40.2 Å². The first-order valence-electron chi connectivity index (χ1n) is 7.11. The Morgan fingerprint density at radius 1 is 1.30 bits per heavy atom. The van der Waals surface area contributed by atoms with Crippen LogP contribution in [0.1, 0.15) is 30.7 Å². The number of aromatic nitrogens is 1. The van der Waals surface area contributed by atoms with Crippen LogP contribution < -0.4 is 10.3 Å². The number of fused-ring (bicyclic) bond motifs is 5. The Bertz CT molecular complexity index is 752. The number of benzene rings is 1. The molecule has 2 heterocycles. The standard InChI is InChI=1S/C16H16BrNO2/c1-18-12-8-3-2-5-9(12)13-10-6-4-7-11(17)14(10)20-15(13)16(18)19/h2-3,5,8,10-11,14H,4,6-7H2,1H3. The molecule has 3 atom stereocenters. The molecule has 1 saturated carbocycles. The van der Waals surface area contributed by atoms with Gasteiger partial charge in [0.05, 0.1) is 10.3 Å². The van der Waals surface area contributed by atoms with Crippen LogP contribution in [0.5, 0.6) is 5.75 Å². The van der Waals surface area contributed by atoms with E-state index in [0.29, 0.717) is 16.5 Å². The number of nitrogens with zero attached hydrogens (tertiary/aromatic N) is 1. The van der Waals surface area contributed by atoms with Gasteiger partial charge in [0.25, 0.3) is 5.56 Å². The van der Waals surface area contributed by atoms with Gasteiger partial charge in [-0.3, -0.25) is 4.79 Å². The maximum absolute atomic E-state index is 12.5. The van der Waals surface area contributed by atoms with Crippen molar-refractivity contribution in [3.8, 4) is 5.75 Å². The molecule has 4 heteroatoms. The van der Waals surface area contributed by atoms with Gasteiger partial charge in [-0.15, -0.1) is 0 Å². The van der Waals surface area contributed by atoms with E-state index < -0.39 is 0 Å². The van der Waals surface area contributed by atoms with Gasteiger partial charge >= 0.3 is 0 Å². The number of rotatable bonds is 0. The summed E-state index contributed by atoms with van der Waals surface area (Å²) in [5.41, 5.74) is 2.13. The minimum absolute atomic E-state index is 0.00667. The van der Waals surface area contributed by atoms with E-state index >= 15 is 0 Å². The maximum Gasteiger partial charge on any atom is 0.293 e. The highest BCUT2D eigenvalue weighted by Crippen LogP contribution is 2.48. The summed E-state index contributed by atoms with van der Waals surface area (Å²) in [6.45, 7) is 0. The van der Waals surface area contributed by atoms with Crippen LogP contribution in [0.2, 0.25) is 0 Å². The zero-order valence-corrected chi connectivity index (χ0v) is 12.9. The van der Waals surface area contributed by atoms with E-state index in [1.165, 1.54) is 11.8 Å². The Morgan fingerprint density at radius 3 is 2.95 bits per heavy atom. The molecule has 3 unspecified atom stereocenters. The summed E-state index contributed by atoms with van der Waals surface area (Å²) in [5, 5.41) is 1.17. The van der Waals surface area contributed by atoms with Crippen LogP contribution in [0.4, 0.5) is 0 Å². The third-order valence-electron chi connectivity index (χ3n) is 4.67. The van der Waals surface area contributed by atoms with Gasteiger partial charge in [-0.05, 0) is 18.9 Å². The van der Waals surface area contributed by atoms with Crippen molar-refractivity contribution in [2.75, 3.05) is 0 Å². The predicted molar refractivity (Wildman–Crippen MR) is 82.9 cm³/mol. The molecule has 2 aromatic rings. The first-order valence-corrected chi connectivity index (χ1v) is 8.02. The molecule has 1 aliphatic carbocycles. The Balaban J connectivity index is 2.05. The molecule has 0 radical (unpaired) electrons. The van der Waals surface area contributed by atoms with Crippen molar-refractivity contribution >= 4 is 26.8 Å². The fraction of sp³-hybridized carbons (Fsp3) is 0.438. The zero-order chi connectivity index (χ0) is 13.9. The van der Waals surface area contributed by atoms with Crippen LogP contribution >= 0.6 is 15.9 Å². The zero-order valence-electron chi connectivity index (χ0n) is 11.3. The monoisotopic (exact) mass is 333 g/mol. The van der Waals surface area contributed by atoms with E-state index in [0.717, 1.165) is 23.9 Å². The number of aryl methyl sites for hydroxylation is 1. The molecule has 1 aromatic carbocycles. The lowest BCUT2D eigenvalue weighted by atomic mass is 9.82. The molecule has 2 aliphatic rings. The molecule has 0 spiro atoms. The topological polar surface area (TPSA) is 31.2 Å². The van der Waals surface area contributed by atoms with Crippen molar-refractivity contribution in [2.45, 2.75) is 36.1 Å². The average Bonchev–Trinajstić information content (AvgIpc) is 2.86. The van der Waals surface area contributed by atoms with Crippen LogP contribution in [0.25, 0.3) is 10.9 Å². The number of hydrogen-bond donors (Lipinski definition) is 0. The summed E-state index contributed by atoms with van der Waals surface area (Å²) in [6.07, 6.45) is 3.52. The third-order valence-corrected chi connectivity index (χ3v) is 5.65. The van der Waals surface area contributed by atoms with Crippen molar-refractivity contribution < 1.29 is 4.74 Å². The summed E-state index contributed by atoms with van der Waals surface area (Å²) >= 11 is 3.73. The highest BCUT2D eigenvalue weighted by atomic mass is 79.9. The summed E-state index contributed by atoms with van der Waals surface area (Å²) in [5.74, 6) is 0.925. The summed E-state index contributed by atoms with van der Waals surface area (Å²) in [4.78, 5) is 12.9. The maximum atomic E-state index is 12.5. The van der Waals surface area contributed by atoms with Crippen molar-refractivity contribution in [1.82, 2.24) is 4.57 Å². The molecular formula is C16H16BrNO2. The quantitative estimate of drug-likeness (QED) is 0.692. The van der Waals surface area contributed by atoms with Crippen molar-refractivity contribution in [3.63, 3.8) is 0 Å². The Morgan fingerprint density at radius 2 is 2.10 bits per heavy atom. The molecule has 0 saturated heterocycles. The number of para-hydroxylation sites is 1. The lowest BCUT2D eigenvalue weighted by Gasteiger charge is -2.29. The first-order chi connectivity index (χ1) is 9.68. The van der Waals surface area contributed by atoms with Crippen LogP contribution in [0.3, 0.4) is 0 Å². The molecular weight excluding hydrogens is 318 g/mol. The molecule has 1 aliphatic heterocycles. The highest BCUT2D eigenvalue weighted by molar-refractivity contribution is 9.09. The van der Waals surface area contributed by atoms with Gasteiger partial charge in [0.2, 0.25) is 0 Å². The van der Waals surface area contributed by atoms with Crippen LogP contribution in [0.15, 0.2) is 29.1 Å². The predicted octanol–water partition coefficient (Wildman–Crippen LogP) is 3.33. The van der Waals surface area contributed by atoms with Gasteiger partial charge in [-0.2, -0.15) is 0 Å². The number of ether oxygens (including phenoxy) is 1. The molecule has 0 N–H and O–H groups in total. The second-order valence-electron chi connectivity index (χ2n) is 5.76. The number of alkyl halides is 1. The van der Waals surface area contributed by atoms with Gasteiger partial charge in [-0.1, -0.05) is 40.5 Å². The average molecular weight is 334 g/mol. The molecule has 0 bridgehead atoms. The third kappa shape index (κ3) is 1.54. The molecule has 4 rings (SSSR count). The summed E-state index contributed by atoms with van der Waals surface area (Å²) in [7, 11) is 1.82. The van der Waals surface area contributed by atoms with Gasteiger partial charge < -0.3 is 9.30 Å². The number of pyridine rings is 1. The highest BCUT2D eigenvalue weighted by Gasteiger charge is 2.43. The van der Waals surface area contributed by atoms with Crippen molar-refractivity contribution in [2.24, 2.45) is 7.05 Å². The second kappa shape index (κ2) is 4.35. The molecule has 1 aromatic heterocycles. The minimum Gasteiger partial charge on any atom is -0.483 e. The van der Waals surface area contributed by atoms with E-state index in [2.05, 4.69) is 22.0 Å². The second-order valence-corrected chi connectivity index (χ2v) is 6.94. The van der Waals surface area contributed by atoms with Crippen molar-refractivity contribution in [1.29, 1.82) is 0 Å². The lowest BCUT2D eigenvalue weighted by Crippen LogP contribution is -2.33. The normalized spacial score (nSPS) is 28.0. The lowest BCUT2D eigenvalue weighted by molar-refractivity contribution is 0.171. The fourth-order valence-corrected chi connectivity index (χ4v) is 4.49. The summed E-state index contributed by atoms with van der Waals surface area (Å²) in [6, 6.07) is 8.14. The summed E-state index contributed by atoms with van der Waals surface area (Å²) < 4.78 is 7.77. The van der Waals surface area contributed by atoms with Gasteiger partial charge in [0, 0.05) is 23.9 Å². The fourth-order valence-electron chi connectivity index (χ4n) is 3.69. The molecule has 1 fully saturated rings. The number of hydrogen-bond acceptors (Lipinski definition) is 2. The number of halogens is 1. The van der Waals surface area contributed by atoms with Crippen LogP contribution in [-0.2, 0) is 7.05 Å². The SMILES string of the molecule is Cn1c(=O)c2c(c3ccccc31)C1CCCC(Br)C1O2. The van der Waals surface area contributed by atoms with Gasteiger partial charge in [0.15, 0.2) is 5.75 Å². The first kappa shape index (κ1) is 12.5. The Hall–Kier alpha value is -1.29. The van der Waals surface area contributed by atoms with E-state index in [-0.39, 0.29) is 11.7 Å². The molecule has 3 nitrogen and oxygen atoms in total.